The lowest BCUT2D eigenvalue weighted by molar-refractivity contribution is 0.102. The van der Waals surface area contributed by atoms with Gasteiger partial charge in [-0.25, -0.2) is 9.97 Å². The van der Waals surface area contributed by atoms with E-state index in [4.69, 9.17) is 15.2 Å². The maximum absolute atomic E-state index is 13.0. The number of nitrogen functional groups attached to an aromatic ring is 1. The Labute approximate surface area is 225 Å². The Hall–Kier alpha value is -3.69. The number of likely N-dealkylation sites (tertiary alicyclic amines) is 1. The normalized spacial score (nSPS) is 14.4. The maximum atomic E-state index is 13.0. The third kappa shape index (κ3) is 6.59. The first-order chi connectivity index (χ1) is 18.4. The van der Waals surface area contributed by atoms with Gasteiger partial charge in [-0.05, 0) is 44.6 Å². The van der Waals surface area contributed by atoms with E-state index in [0.717, 1.165) is 38.3 Å². The van der Waals surface area contributed by atoms with Gasteiger partial charge in [0.2, 0.25) is 0 Å². The molecule has 0 unspecified atom stereocenters. The molecule has 4 rings (SSSR count). The van der Waals surface area contributed by atoms with Crippen LogP contribution in [-0.4, -0.2) is 72.1 Å². The minimum Gasteiger partial charge on any atom is -0.497 e. The van der Waals surface area contributed by atoms with E-state index in [2.05, 4.69) is 51.1 Å². The van der Waals surface area contributed by atoms with Crippen molar-refractivity contribution in [3.8, 4) is 22.8 Å². The average molecular weight is 519 g/mol. The predicted octanol–water partition coefficient (Wildman–Crippen LogP) is 4.30. The molecule has 3 N–H and O–H groups in total. The number of hydrogen-bond donors (Lipinski definition) is 2. The van der Waals surface area contributed by atoms with Crippen LogP contribution >= 0.6 is 0 Å². The molecule has 9 heteroatoms. The van der Waals surface area contributed by atoms with Crippen LogP contribution in [-0.2, 0) is 6.54 Å². The number of rotatable bonds is 10. The van der Waals surface area contributed by atoms with Crippen LogP contribution in [0.3, 0.4) is 0 Å². The van der Waals surface area contributed by atoms with Crippen molar-refractivity contribution in [2.45, 2.75) is 39.3 Å². The lowest BCUT2D eigenvalue weighted by Gasteiger charge is -2.37. The van der Waals surface area contributed by atoms with Crippen molar-refractivity contribution in [2.24, 2.45) is 0 Å². The van der Waals surface area contributed by atoms with Crippen molar-refractivity contribution in [1.82, 2.24) is 19.8 Å². The molecule has 1 saturated heterocycles. The van der Waals surface area contributed by atoms with E-state index in [1.165, 1.54) is 18.4 Å². The first-order valence-electron chi connectivity index (χ1n) is 13.2. The summed E-state index contributed by atoms with van der Waals surface area (Å²) in [4.78, 5) is 26.9. The van der Waals surface area contributed by atoms with E-state index in [0.29, 0.717) is 28.9 Å². The van der Waals surface area contributed by atoms with Crippen molar-refractivity contribution >= 4 is 17.4 Å². The van der Waals surface area contributed by atoms with Gasteiger partial charge >= 0.3 is 0 Å². The molecule has 1 fully saturated rings. The molecule has 3 aromatic rings. The number of nitrogens with zero attached hydrogens (tertiary/aromatic N) is 4. The zero-order valence-corrected chi connectivity index (χ0v) is 22.7. The second kappa shape index (κ2) is 12.7. The summed E-state index contributed by atoms with van der Waals surface area (Å²) >= 11 is 0. The number of anilines is 2. The molecule has 0 bridgehead atoms. The smallest absolute Gasteiger partial charge is 0.278 e. The Balaban J connectivity index is 1.42. The first kappa shape index (κ1) is 27.3. The Morgan fingerprint density at radius 3 is 2.26 bits per heavy atom. The van der Waals surface area contributed by atoms with Gasteiger partial charge in [0.05, 0.1) is 26.1 Å². The molecule has 202 valence electrons. The fourth-order valence-electron chi connectivity index (χ4n) is 5.00. The topological polar surface area (TPSA) is 106 Å². The molecule has 0 saturated carbocycles. The number of hydrogen-bond acceptors (Lipinski definition) is 8. The summed E-state index contributed by atoms with van der Waals surface area (Å²) < 4.78 is 10.6. The van der Waals surface area contributed by atoms with Gasteiger partial charge in [0, 0.05) is 42.0 Å². The lowest BCUT2D eigenvalue weighted by atomic mass is 10.0. The number of nitrogens with two attached hydrogens (primary N) is 1. The summed E-state index contributed by atoms with van der Waals surface area (Å²) in [5, 5.41) is 2.81. The van der Waals surface area contributed by atoms with Crippen LogP contribution in [0.4, 0.5) is 11.5 Å². The zero-order chi connectivity index (χ0) is 27.1. The van der Waals surface area contributed by atoms with E-state index in [9.17, 15) is 4.79 Å². The predicted molar refractivity (Wildman–Crippen MR) is 151 cm³/mol. The molecular weight excluding hydrogens is 480 g/mol. The molecule has 38 heavy (non-hydrogen) atoms. The van der Waals surface area contributed by atoms with Gasteiger partial charge < -0.3 is 25.4 Å². The Morgan fingerprint density at radius 2 is 1.68 bits per heavy atom. The van der Waals surface area contributed by atoms with Crippen molar-refractivity contribution < 1.29 is 14.3 Å². The van der Waals surface area contributed by atoms with Crippen LogP contribution in [0.15, 0.2) is 48.7 Å². The monoisotopic (exact) mass is 518 g/mol. The van der Waals surface area contributed by atoms with Crippen molar-refractivity contribution in [3.05, 3.63) is 59.9 Å². The summed E-state index contributed by atoms with van der Waals surface area (Å²) in [6.45, 7) is 9.89. The molecule has 2 heterocycles. The number of aromatic nitrogens is 2. The third-order valence-electron chi connectivity index (χ3n) is 7.17. The molecule has 2 aromatic carbocycles. The van der Waals surface area contributed by atoms with E-state index in [1.54, 1.807) is 38.6 Å². The Kier molecular flexibility index (Phi) is 9.15. The standard InChI is InChI=1S/C29H38N6O3/c1-5-35(6-2)23-11-13-34(14-12-23)19-20-7-9-21(10-8-20)26-18-31-28(30)27(33-26)29(36)32-22-15-24(37-3)17-25(16-22)38-4/h7-10,15-18,23H,5-6,11-14,19H2,1-4H3,(H2,30,31)(H,32,36). The molecule has 1 amide bonds. The van der Waals surface area contributed by atoms with Crippen LogP contribution in [0.2, 0.25) is 0 Å². The molecule has 1 aromatic heterocycles. The highest BCUT2D eigenvalue weighted by atomic mass is 16.5. The Bertz CT molecular complexity index is 1200. The molecular formula is C29H38N6O3. The molecule has 0 radical (unpaired) electrons. The Morgan fingerprint density at radius 1 is 1.05 bits per heavy atom. The van der Waals surface area contributed by atoms with Crippen LogP contribution < -0.4 is 20.5 Å². The number of benzene rings is 2. The van der Waals surface area contributed by atoms with E-state index in [-0.39, 0.29) is 11.5 Å². The van der Waals surface area contributed by atoms with E-state index in [1.807, 2.05) is 12.1 Å². The fraction of sp³-hybridized carbons (Fsp3) is 0.414. The van der Waals surface area contributed by atoms with Gasteiger partial charge in [0.25, 0.3) is 5.91 Å². The van der Waals surface area contributed by atoms with Crippen molar-refractivity contribution in [1.29, 1.82) is 0 Å². The number of ether oxygens (including phenoxy) is 2. The van der Waals surface area contributed by atoms with E-state index < -0.39 is 5.91 Å². The van der Waals surface area contributed by atoms with Gasteiger partial charge in [-0.2, -0.15) is 0 Å². The van der Waals surface area contributed by atoms with Crippen LogP contribution in [0.1, 0.15) is 42.7 Å². The third-order valence-corrected chi connectivity index (χ3v) is 7.17. The average Bonchev–Trinajstić information content (AvgIpc) is 2.95. The summed E-state index contributed by atoms with van der Waals surface area (Å²) in [5.74, 6) is 0.712. The number of carbonyl (C=O) groups is 1. The number of methoxy groups -OCH3 is 2. The highest BCUT2D eigenvalue weighted by molar-refractivity contribution is 6.06. The summed E-state index contributed by atoms with van der Waals surface area (Å²) in [6, 6.07) is 14.1. The van der Waals surface area contributed by atoms with Crippen molar-refractivity contribution in [3.63, 3.8) is 0 Å². The second-order valence-corrected chi connectivity index (χ2v) is 9.47. The van der Waals surface area contributed by atoms with E-state index >= 15 is 0 Å². The molecule has 9 nitrogen and oxygen atoms in total. The van der Waals surface area contributed by atoms with Gasteiger partial charge in [-0.3, -0.25) is 9.69 Å². The van der Waals surface area contributed by atoms with Gasteiger partial charge in [0.15, 0.2) is 11.5 Å². The largest absolute Gasteiger partial charge is 0.497 e. The number of piperidine rings is 1. The van der Waals surface area contributed by atoms with Crippen LogP contribution in [0.25, 0.3) is 11.3 Å². The van der Waals surface area contributed by atoms with Gasteiger partial charge in [-0.15, -0.1) is 0 Å². The summed E-state index contributed by atoms with van der Waals surface area (Å²) in [5.41, 5.74) is 9.29. The van der Waals surface area contributed by atoms with Crippen LogP contribution in [0, 0.1) is 0 Å². The minimum absolute atomic E-state index is 0.0597. The minimum atomic E-state index is -0.461. The highest BCUT2D eigenvalue weighted by Gasteiger charge is 2.23. The second-order valence-electron chi connectivity index (χ2n) is 9.47. The molecule has 0 atom stereocenters. The molecule has 0 spiro atoms. The zero-order valence-electron chi connectivity index (χ0n) is 22.7. The first-order valence-corrected chi connectivity index (χ1v) is 13.2. The van der Waals surface area contributed by atoms with Crippen LogP contribution in [0.5, 0.6) is 11.5 Å². The van der Waals surface area contributed by atoms with Gasteiger partial charge in [0.1, 0.15) is 11.5 Å². The number of amides is 1. The number of carbonyl (C=O) groups excluding carboxylic acids is 1. The molecule has 1 aliphatic rings. The fourth-order valence-corrected chi connectivity index (χ4v) is 5.00. The lowest BCUT2D eigenvalue weighted by Crippen LogP contribution is -2.44. The molecule has 0 aliphatic carbocycles. The number of nitrogens with one attached hydrogen (secondary N) is 1. The highest BCUT2D eigenvalue weighted by Crippen LogP contribution is 2.27. The summed E-state index contributed by atoms with van der Waals surface area (Å²) in [7, 11) is 3.10. The quantitative estimate of drug-likeness (QED) is 0.409. The van der Waals surface area contributed by atoms with Gasteiger partial charge in [-0.1, -0.05) is 38.1 Å². The SMILES string of the molecule is CCN(CC)C1CCN(Cc2ccc(-c3cnc(N)c(C(=O)Nc4cc(OC)cc(OC)c4)n3)cc2)CC1. The summed E-state index contributed by atoms with van der Waals surface area (Å²) in [6.07, 6.45) is 4.02. The molecule has 1 aliphatic heterocycles. The maximum Gasteiger partial charge on any atom is 0.278 e. The van der Waals surface area contributed by atoms with Crippen molar-refractivity contribution in [2.75, 3.05) is 51.4 Å².